The molecule has 0 nitrogen and oxygen atoms in total. The summed E-state index contributed by atoms with van der Waals surface area (Å²) in [5.74, 6) is 0.819. The molecule has 0 aliphatic heterocycles. The molecule has 0 amide bonds. The van der Waals surface area contributed by atoms with E-state index < -0.39 is 0 Å². The Morgan fingerprint density at radius 1 is 0.889 bits per heavy atom. The van der Waals surface area contributed by atoms with Crippen LogP contribution >= 0.6 is 11.6 Å². The highest BCUT2D eigenvalue weighted by molar-refractivity contribution is 6.17. The van der Waals surface area contributed by atoms with E-state index in [2.05, 4.69) is 44.2 Å². The number of benzene rings is 1. The van der Waals surface area contributed by atoms with Gasteiger partial charge in [0.25, 0.3) is 0 Å². The van der Waals surface area contributed by atoms with Crippen molar-refractivity contribution >= 4 is 11.6 Å². The quantitative estimate of drug-likeness (QED) is 0.389. The van der Waals surface area contributed by atoms with Crippen molar-refractivity contribution in [3.63, 3.8) is 0 Å². The molecule has 1 heteroatoms. The molecule has 102 valence electrons. The Bertz CT molecular complexity index is 303. The summed E-state index contributed by atoms with van der Waals surface area (Å²) >= 11 is 5.68. The summed E-state index contributed by atoms with van der Waals surface area (Å²) in [5, 5.41) is 0. The lowest BCUT2D eigenvalue weighted by Gasteiger charge is -2.24. The molecule has 0 saturated carbocycles. The SMILES string of the molecule is CC(C)(CCCCCCCCl)Cc1ccccc1. The van der Waals surface area contributed by atoms with Crippen molar-refractivity contribution < 1.29 is 0 Å². The maximum atomic E-state index is 5.68. The van der Waals surface area contributed by atoms with Crippen LogP contribution in [0.25, 0.3) is 0 Å². The normalized spacial score (nSPS) is 11.7. The number of rotatable bonds is 9. The molecule has 1 rings (SSSR count). The third kappa shape index (κ3) is 7.06. The number of hydrogen-bond donors (Lipinski definition) is 0. The fourth-order valence-electron chi connectivity index (χ4n) is 2.47. The van der Waals surface area contributed by atoms with Gasteiger partial charge in [0.1, 0.15) is 0 Å². The van der Waals surface area contributed by atoms with Crippen molar-refractivity contribution in [2.45, 2.75) is 58.8 Å². The van der Waals surface area contributed by atoms with Gasteiger partial charge in [-0.15, -0.1) is 11.6 Å². The molecular formula is C17H27Cl. The van der Waals surface area contributed by atoms with Gasteiger partial charge in [-0.3, -0.25) is 0 Å². The van der Waals surface area contributed by atoms with Crippen LogP contribution in [0.4, 0.5) is 0 Å². The van der Waals surface area contributed by atoms with Gasteiger partial charge in [0.2, 0.25) is 0 Å². The van der Waals surface area contributed by atoms with Crippen LogP contribution in [-0.4, -0.2) is 5.88 Å². The van der Waals surface area contributed by atoms with E-state index in [1.807, 2.05) is 0 Å². The molecule has 0 atom stereocenters. The Labute approximate surface area is 118 Å². The maximum absolute atomic E-state index is 5.68. The predicted octanol–water partition coefficient (Wildman–Crippen LogP) is 5.83. The third-order valence-electron chi connectivity index (χ3n) is 3.51. The van der Waals surface area contributed by atoms with E-state index in [0.717, 1.165) is 5.88 Å². The van der Waals surface area contributed by atoms with Crippen LogP contribution in [0.2, 0.25) is 0 Å². The van der Waals surface area contributed by atoms with Gasteiger partial charge in [-0.2, -0.15) is 0 Å². The van der Waals surface area contributed by atoms with E-state index in [1.165, 1.54) is 50.5 Å². The van der Waals surface area contributed by atoms with E-state index in [4.69, 9.17) is 11.6 Å². The van der Waals surface area contributed by atoms with Crippen LogP contribution in [0.15, 0.2) is 30.3 Å². The van der Waals surface area contributed by atoms with Crippen molar-refractivity contribution in [3.8, 4) is 0 Å². The Kier molecular flexibility index (Phi) is 7.42. The molecule has 0 saturated heterocycles. The van der Waals surface area contributed by atoms with E-state index >= 15 is 0 Å². The maximum Gasteiger partial charge on any atom is 0.0223 e. The molecule has 18 heavy (non-hydrogen) atoms. The highest BCUT2D eigenvalue weighted by Crippen LogP contribution is 2.28. The van der Waals surface area contributed by atoms with Gasteiger partial charge in [0, 0.05) is 5.88 Å². The van der Waals surface area contributed by atoms with Gasteiger partial charge in [-0.05, 0) is 30.2 Å². The van der Waals surface area contributed by atoms with Crippen molar-refractivity contribution in [2.24, 2.45) is 5.41 Å². The molecule has 0 aliphatic carbocycles. The number of hydrogen-bond acceptors (Lipinski definition) is 0. The predicted molar refractivity (Wildman–Crippen MR) is 82.3 cm³/mol. The molecule has 0 radical (unpaired) electrons. The molecule has 0 N–H and O–H groups in total. The lowest BCUT2D eigenvalue weighted by atomic mass is 9.81. The van der Waals surface area contributed by atoms with Gasteiger partial charge >= 0.3 is 0 Å². The molecule has 1 aromatic rings. The van der Waals surface area contributed by atoms with Crippen LogP contribution in [-0.2, 0) is 6.42 Å². The molecule has 0 heterocycles. The minimum atomic E-state index is 0.424. The monoisotopic (exact) mass is 266 g/mol. The largest absolute Gasteiger partial charge is 0.127 e. The van der Waals surface area contributed by atoms with Crippen molar-refractivity contribution in [3.05, 3.63) is 35.9 Å². The Morgan fingerprint density at radius 2 is 1.50 bits per heavy atom. The molecule has 0 bridgehead atoms. The summed E-state index contributed by atoms with van der Waals surface area (Å²) in [7, 11) is 0. The first kappa shape index (κ1) is 15.6. The van der Waals surface area contributed by atoms with Gasteiger partial charge in [-0.1, -0.05) is 69.9 Å². The van der Waals surface area contributed by atoms with Crippen molar-refractivity contribution in [1.29, 1.82) is 0 Å². The summed E-state index contributed by atoms with van der Waals surface area (Å²) < 4.78 is 0. The van der Waals surface area contributed by atoms with Crippen LogP contribution in [0.5, 0.6) is 0 Å². The lowest BCUT2D eigenvalue weighted by Crippen LogP contribution is -2.14. The van der Waals surface area contributed by atoms with Crippen molar-refractivity contribution in [2.75, 3.05) is 5.88 Å². The van der Waals surface area contributed by atoms with Gasteiger partial charge in [-0.25, -0.2) is 0 Å². The second-order valence-electron chi connectivity index (χ2n) is 6.03. The lowest BCUT2D eigenvalue weighted by molar-refractivity contribution is 0.317. The zero-order chi connectivity index (χ0) is 13.3. The van der Waals surface area contributed by atoms with Gasteiger partial charge in [0.05, 0.1) is 0 Å². The molecule has 0 spiro atoms. The summed E-state index contributed by atoms with van der Waals surface area (Å²) in [5.41, 5.74) is 1.89. The average Bonchev–Trinajstić information content (AvgIpc) is 2.34. The first-order valence-corrected chi connectivity index (χ1v) is 7.77. The van der Waals surface area contributed by atoms with Crippen LogP contribution in [0, 0.1) is 5.41 Å². The summed E-state index contributed by atoms with van der Waals surface area (Å²) in [6.45, 7) is 4.78. The topological polar surface area (TPSA) is 0 Å². The number of halogens is 1. The Morgan fingerprint density at radius 3 is 2.17 bits per heavy atom. The van der Waals surface area contributed by atoms with Crippen molar-refractivity contribution in [1.82, 2.24) is 0 Å². The van der Waals surface area contributed by atoms with Gasteiger partial charge < -0.3 is 0 Å². The average molecular weight is 267 g/mol. The van der Waals surface area contributed by atoms with Gasteiger partial charge in [0.15, 0.2) is 0 Å². The highest BCUT2D eigenvalue weighted by Gasteiger charge is 2.17. The zero-order valence-corrected chi connectivity index (χ0v) is 12.7. The second kappa shape index (κ2) is 8.58. The molecule has 0 aromatic heterocycles. The second-order valence-corrected chi connectivity index (χ2v) is 6.41. The van der Waals surface area contributed by atoms with E-state index in [0.29, 0.717) is 5.41 Å². The van der Waals surface area contributed by atoms with E-state index in [1.54, 1.807) is 0 Å². The number of unbranched alkanes of at least 4 members (excludes halogenated alkanes) is 4. The molecule has 0 unspecified atom stereocenters. The summed E-state index contributed by atoms with van der Waals surface area (Å²) in [6, 6.07) is 10.8. The van der Waals surface area contributed by atoms with E-state index in [9.17, 15) is 0 Å². The first-order chi connectivity index (χ1) is 8.64. The fourth-order valence-corrected chi connectivity index (χ4v) is 2.65. The molecule has 1 aromatic carbocycles. The summed E-state index contributed by atoms with van der Waals surface area (Å²) in [6.07, 6.45) is 9.03. The van der Waals surface area contributed by atoms with Crippen LogP contribution < -0.4 is 0 Å². The Hall–Kier alpha value is -0.490. The van der Waals surface area contributed by atoms with Crippen LogP contribution in [0.3, 0.4) is 0 Å². The number of alkyl halides is 1. The third-order valence-corrected chi connectivity index (χ3v) is 3.78. The minimum absolute atomic E-state index is 0.424. The smallest absolute Gasteiger partial charge is 0.0223 e. The zero-order valence-electron chi connectivity index (χ0n) is 11.9. The standard InChI is InChI=1S/C17H27Cl/c1-17(2,13-9-4-3-5-10-14-18)15-16-11-7-6-8-12-16/h6-8,11-12H,3-5,9-10,13-15H2,1-2H3. The minimum Gasteiger partial charge on any atom is -0.127 e. The molecule has 0 aliphatic rings. The fraction of sp³-hybridized carbons (Fsp3) is 0.647. The Balaban J connectivity index is 2.19. The first-order valence-electron chi connectivity index (χ1n) is 7.24. The molecule has 0 fully saturated rings. The summed E-state index contributed by atoms with van der Waals surface area (Å²) in [4.78, 5) is 0. The molecular weight excluding hydrogens is 240 g/mol. The highest BCUT2D eigenvalue weighted by atomic mass is 35.5. The van der Waals surface area contributed by atoms with E-state index in [-0.39, 0.29) is 0 Å². The van der Waals surface area contributed by atoms with Crippen LogP contribution in [0.1, 0.15) is 57.9 Å².